The average Bonchev–Trinajstić information content (AvgIpc) is 2.85. The first-order chi connectivity index (χ1) is 16.7. The summed E-state index contributed by atoms with van der Waals surface area (Å²) in [6, 6.07) is 14.4. The second-order valence-corrected chi connectivity index (χ2v) is 12.1. The molecule has 2 heterocycles. The van der Waals surface area contributed by atoms with Crippen molar-refractivity contribution < 1.29 is 21.6 Å². The Morgan fingerprint density at radius 1 is 0.886 bits per heavy atom. The molecule has 1 fully saturated rings. The number of ether oxygens (including phenoxy) is 1. The van der Waals surface area contributed by atoms with Crippen LogP contribution in [0.1, 0.15) is 12.8 Å². The largest absolute Gasteiger partial charge is 0.460 e. The summed E-state index contributed by atoms with van der Waals surface area (Å²) in [5, 5.41) is 0. The summed E-state index contributed by atoms with van der Waals surface area (Å²) in [5.41, 5.74) is 1.21. The Hall–Kier alpha value is -3.22. The lowest BCUT2D eigenvalue weighted by atomic mass is 10.1. The zero-order valence-corrected chi connectivity index (χ0v) is 21.0. The third kappa shape index (κ3) is 5.72. The minimum Gasteiger partial charge on any atom is -0.460 e. The summed E-state index contributed by atoms with van der Waals surface area (Å²) in [4.78, 5) is 10.3. The van der Waals surface area contributed by atoms with E-state index in [-0.39, 0.29) is 15.9 Å². The number of benzene rings is 2. The molecule has 1 saturated heterocycles. The maximum absolute atomic E-state index is 13.1. The van der Waals surface area contributed by atoms with E-state index in [1.807, 2.05) is 12.1 Å². The number of rotatable bonds is 8. The predicted octanol–water partition coefficient (Wildman–Crippen LogP) is 2.58. The molecule has 1 aromatic heterocycles. The molecule has 35 heavy (non-hydrogen) atoms. The van der Waals surface area contributed by atoms with Gasteiger partial charge in [0, 0.05) is 52.4 Å². The normalized spacial score (nSPS) is 15.2. The number of hydrogen-bond donors (Lipinski definition) is 1. The topological polar surface area (TPSA) is 122 Å². The van der Waals surface area contributed by atoms with Crippen molar-refractivity contribution in [1.29, 1.82) is 0 Å². The van der Waals surface area contributed by atoms with Gasteiger partial charge >= 0.3 is 6.01 Å². The molecule has 0 atom stereocenters. The highest BCUT2D eigenvalue weighted by molar-refractivity contribution is 7.92. The van der Waals surface area contributed by atoms with Crippen molar-refractivity contribution >= 4 is 31.4 Å². The molecule has 12 heteroatoms. The number of nitrogens with zero attached hydrogens (tertiary/aromatic N) is 4. The summed E-state index contributed by atoms with van der Waals surface area (Å²) in [6.07, 6.45) is 4.72. The molecule has 0 bridgehead atoms. The molecule has 1 aliphatic rings. The molecule has 0 saturated carbocycles. The standard InChI is InChI=1S/C23H27N5O5S2/c1-27(2)35(31,32)20-10-8-19(9-11-20)34(29,30)26-21-6-3-4-7-22(21)28-16-12-18(13-17-28)33-23-24-14-5-15-25-23/h3-11,14-15,18,26H,12-13,16-17H2,1-2H3. The molecular weight excluding hydrogens is 490 g/mol. The average molecular weight is 518 g/mol. The van der Waals surface area contributed by atoms with Crippen LogP contribution < -0.4 is 14.4 Å². The van der Waals surface area contributed by atoms with Crippen molar-refractivity contribution in [2.45, 2.75) is 28.7 Å². The van der Waals surface area contributed by atoms with E-state index < -0.39 is 20.0 Å². The summed E-state index contributed by atoms with van der Waals surface area (Å²) in [5.74, 6) is 0. The summed E-state index contributed by atoms with van der Waals surface area (Å²) in [6.45, 7) is 1.35. The molecule has 4 rings (SSSR count). The monoisotopic (exact) mass is 517 g/mol. The Labute approximate surface area is 205 Å². The number of para-hydroxylation sites is 2. The summed E-state index contributed by atoms with van der Waals surface area (Å²) >= 11 is 0. The van der Waals surface area contributed by atoms with Crippen molar-refractivity contribution in [1.82, 2.24) is 14.3 Å². The van der Waals surface area contributed by atoms with Gasteiger partial charge in [-0.05, 0) is 42.5 Å². The van der Waals surface area contributed by atoms with E-state index in [1.165, 1.54) is 38.4 Å². The highest BCUT2D eigenvalue weighted by Gasteiger charge is 2.25. The third-order valence-corrected chi connectivity index (χ3v) is 8.87. The first-order valence-corrected chi connectivity index (χ1v) is 13.9. The van der Waals surface area contributed by atoms with Crippen molar-refractivity contribution in [3.63, 3.8) is 0 Å². The molecule has 1 N–H and O–H groups in total. The third-order valence-electron chi connectivity index (χ3n) is 5.66. The van der Waals surface area contributed by atoms with E-state index in [4.69, 9.17) is 4.74 Å². The van der Waals surface area contributed by atoms with Gasteiger partial charge in [0.15, 0.2) is 0 Å². The fraction of sp³-hybridized carbons (Fsp3) is 0.304. The molecule has 3 aromatic rings. The smallest absolute Gasteiger partial charge is 0.316 e. The summed E-state index contributed by atoms with van der Waals surface area (Å²) in [7, 11) is -4.75. The number of hydrogen-bond acceptors (Lipinski definition) is 8. The second-order valence-electron chi connectivity index (χ2n) is 8.22. The lowest BCUT2D eigenvalue weighted by Gasteiger charge is -2.34. The molecule has 0 unspecified atom stereocenters. The van der Waals surface area contributed by atoms with Crippen LogP contribution in [0, 0.1) is 0 Å². The van der Waals surface area contributed by atoms with Gasteiger partial charge in [-0.2, -0.15) is 0 Å². The molecule has 10 nitrogen and oxygen atoms in total. The summed E-state index contributed by atoms with van der Waals surface area (Å²) < 4.78 is 60.2. The number of nitrogens with one attached hydrogen (secondary N) is 1. The molecule has 0 radical (unpaired) electrons. The molecule has 0 spiro atoms. The second kappa shape index (κ2) is 10.2. The van der Waals surface area contributed by atoms with Crippen molar-refractivity contribution in [2.24, 2.45) is 0 Å². The van der Waals surface area contributed by atoms with Crippen LogP contribution in [0.3, 0.4) is 0 Å². The van der Waals surface area contributed by atoms with Gasteiger partial charge in [-0.3, -0.25) is 4.72 Å². The van der Waals surface area contributed by atoms with Gasteiger partial charge in [-0.1, -0.05) is 12.1 Å². The van der Waals surface area contributed by atoms with Crippen LogP contribution in [0.4, 0.5) is 11.4 Å². The maximum Gasteiger partial charge on any atom is 0.316 e. The zero-order chi connectivity index (χ0) is 25.1. The van der Waals surface area contributed by atoms with Crippen LogP contribution in [-0.4, -0.2) is 64.4 Å². The van der Waals surface area contributed by atoms with E-state index >= 15 is 0 Å². The van der Waals surface area contributed by atoms with Gasteiger partial charge in [-0.25, -0.2) is 31.1 Å². The van der Waals surface area contributed by atoms with Crippen molar-refractivity contribution in [3.8, 4) is 6.01 Å². The van der Waals surface area contributed by atoms with Gasteiger partial charge in [0.05, 0.1) is 21.2 Å². The van der Waals surface area contributed by atoms with E-state index in [9.17, 15) is 16.8 Å². The van der Waals surface area contributed by atoms with Gasteiger partial charge < -0.3 is 9.64 Å². The van der Waals surface area contributed by atoms with Crippen LogP contribution in [-0.2, 0) is 20.0 Å². The van der Waals surface area contributed by atoms with E-state index in [0.717, 1.165) is 22.8 Å². The Morgan fingerprint density at radius 2 is 1.49 bits per heavy atom. The lowest BCUT2D eigenvalue weighted by molar-refractivity contribution is 0.156. The van der Waals surface area contributed by atoms with Crippen molar-refractivity contribution in [3.05, 3.63) is 67.0 Å². The van der Waals surface area contributed by atoms with E-state index in [2.05, 4.69) is 19.6 Å². The maximum atomic E-state index is 13.1. The molecule has 0 aliphatic carbocycles. The highest BCUT2D eigenvalue weighted by atomic mass is 32.2. The molecule has 2 aromatic carbocycles. The Morgan fingerprint density at radius 3 is 2.11 bits per heavy atom. The van der Waals surface area contributed by atoms with Gasteiger partial charge in [0.25, 0.3) is 10.0 Å². The zero-order valence-electron chi connectivity index (χ0n) is 19.4. The van der Waals surface area contributed by atoms with Crippen LogP contribution >= 0.6 is 0 Å². The highest BCUT2D eigenvalue weighted by Crippen LogP contribution is 2.31. The first kappa shape index (κ1) is 24.9. The SMILES string of the molecule is CN(C)S(=O)(=O)c1ccc(S(=O)(=O)Nc2ccccc2N2CCC(Oc3ncccn3)CC2)cc1. The van der Waals surface area contributed by atoms with Gasteiger partial charge in [0.2, 0.25) is 10.0 Å². The Balaban J connectivity index is 1.47. The van der Waals surface area contributed by atoms with Crippen LogP contribution in [0.5, 0.6) is 6.01 Å². The number of sulfonamides is 2. The quantitative estimate of drug-likeness (QED) is 0.484. The molecule has 186 valence electrons. The Bertz CT molecular complexity index is 1360. The van der Waals surface area contributed by atoms with Crippen LogP contribution in [0.2, 0.25) is 0 Å². The molecular formula is C23H27N5O5S2. The molecule has 1 aliphatic heterocycles. The lowest BCUT2D eigenvalue weighted by Crippen LogP contribution is -2.38. The van der Waals surface area contributed by atoms with Gasteiger partial charge in [-0.15, -0.1) is 0 Å². The van der Waals surface area contributed by atoms with Crippen molar-refractivity contribution in [2.75, 3.05) is 36.8 Å². The number of aromatic nitrogens is 2. The van der Waals surface area contributed by atoms with Gasteiger partial charge in [0.1, 0.15) is 6.10 Å². The fourth-order valence-corrected chi connectivity index (χ4v) is 5.73. The van der Waals surface area contributed by atoms with Crippen LogP contribution in [0.25, 0.3) is 0 Å². The minimum atomic E-state index is -3.93. The molecule has 0 amide bonds. The number of anilines is 2. The fourth-order valence-electron chi connectivity index (χ4n) is 3.75. The number of piperidine rings is 1. The van der Waals surface area contributed by atoms with E-state index in [0.29, 0.717) is 24.8 Å². The Kier molecular flexibility index (Phi) is 7.24. The van der Waals surface area contributed by atoms with Crippen LogP contribution in [0.15, 0.2) is 76.8 Å². The van der Waals surface area contributed by atoms with E-state index in [1.54, 1.807) is 30.6 Å². The predicted molar refractivity (Wildman–Crippen MR) is 132 cm³/mol. The first-order valence-electron chi connectivity index (χ1n) is 11.0. The minimum absolute atomic E-state index is 0.0190.